The topological polar surface area (TPSA) is 256 Å². The SMILES string of the molecule is C#C[C@]1(O)CCN(C)C1=O.CN1CC[C@@](O)(C#Cc2cccc(-c3nc(OC4COC4)cc(C(N)=O)n3)c2)C1=O.NC(=O)c1cc(OC2COC2)nc(-c2cccc(I)c2)n1. The summed E-state index contributed by atoms with van der Waals surface area (Å²) in [6, 6.07) is 17.5. The number of aromatic nitrogens is 4. The predicted octanol–water partition coefficient (Wildman–Crippen LogP) is 0.802. The van der Waals surface area contributed by atoms with Gasteiger partial charge in [-0.3, -0.25) is 19.2 Å². The number of terminal acetylenes is 1. The lowest BCUT2D eigenvalue weighted by atomic mass is 10.0. The number of ether oxygens (including phenoxy) is 4. The van der Waals surface area contributed by atoms with Crippen LogP contribution in [0.5, 0.6) is 11.8 Å². The number of hydrogen-bond donors (Lipinski definition) is 4. The van der Waals surface area contributed by atoms with Gasteiger partial charge in [-0.05, 0) is 46.9 Å². The molecular weight excluding hydrogens is 903 g/mol. The van der Waals surface area contributed by atoms with E-state index in [-0.39, 0.29) is 47.6 Å². The predicted molar refractivity (Wildman–Crippen MR) is 225 cm³/mol. The summed E-state index contributed by atoms with van der Waals surface area (Å²) in [5.74, 6) is 6.75. The van der Waals surface area contributed by atoms with Gasteiger partial charge in [-0.2, -0.15) is 9.97 Å². The largest absolute Gasteiger partial charge is 0.469 e. The summed E-state index contributed by atoms with van der Waals surface area (Å²) in [5.41, 5.74) is 9.64. The second kappa shape index (κ2) is 19.0. The molecule has 4 fully saturated rings. The van der Waals surface area contributed by atoms with Gasteiger partial charge < -0.3 is 50.4 Å². The molecule has 8 rings (SSSR count). The average molecular weight is 945 g/mol. The maximum absolute atomic E-state index is 12.1. The number of hydrogen-bond acceptors (Lipinski definition) is 14. The van der Waals surface area contributed by atoms with Crippen LogP contribution in [0.15, 0.2) is 60.7 Å². The van der Waals surface area contributed by atoms with E-state index in [2.05, 4.69) is 60.3 Å². The third kappa shape index (κ3) is 10.9. The zero-order chi connectivity index (χ0) is 43.9. The van der Waals surface area contributed by atoms with Crippen molar-refractivity contribution in [2.24, 2.45) is 11.5 Å². The third-order valence-electron chi connectivity index (χ3n) is 9.58. The van der Waals surface area contributed by atoms with Crippen molar-refractivity contribution in [2.75, 3.05) is 53.6 Å². The highest BCUT2D eigenvalue weighted by Gasteiger charge is 2.43. The Morgan fingerprint density at radius 3 is 1.64 bits per heavy atom. The Labute approximate surface area is 364 Å². The summed E-state index contributed by atoms with van der Waals surface area (Å²) in [7, 11) is 3.25. The van der Waals surface area contributed by atoms with E-state index in [1.807, 2.05) is 24.3 Å². The van der Waals surface area contributed by atoms with Crippen LogP contribution in [0.25, 0.3) is 22.8 Å². The van der Waals surface area contributed by atoms with Crippen LogP contribution in [0.2, 0.25) is 0 Å². The first-order valence-electron chi connectivity index (χ1n) is 18.8. The van der Waals surface area contributed by atoms with Crippen LogP contribution in [0.3, 0.4) is 0 Å². The standard InChI is InChI=1S/C21H20N4O5.C14H12IN3O3.C7H9NO2/c1-25-8-7-21(28,20(25)27)6-5-13-3-2-4-14(9-13)19-23-16(18(22)26)10-17(24-19)30-15-11-29-12-15;15-9-3-1-2-8(4-9)14-17-11(13(16)19)5-12(18-14)21-10-6-20-7-10;1-3-7(10)4-5-8(2)6(7)9/h2-4,9-10,15,28H,7-8,11-12H2,1H3,(H2,22,26);1-5,10H,6-7H2,(H2,16,19);1,10H,4-5H2,2H3/t21-;;7-/m0.0/s1. The molecule has 0 unspecified atom stereocenters. The van der Waals surface area contributed by atoms with E-state index in [4.69, 9.17) is 36.8 Å². The van der Waals surface area contributed by atoms with Crippen molar-refractivity contribution in [2.45, 2.75) is 36.3 Å². The van der Waals surface area contributed by atoms with Crippen molar-refractivity contribution in [1.29, 1.82) is 0 Å². The number of carbonyl (C=O) groups excluding carboxylic acids is 4. The number of benzene rings is 2. The fraction of sp³-hybridized carbons (Fsp3) is 0.333. The summed E-state index contributed by atoms with van der Waals surface area (Å²) in [6.07, 6.45) is 5.40. The van der Waals surface area contributed by atoms with Gasteiger partial charge >= 0.3 is 0 Å². The number of aliphatic hydroxyl groups is 2. The number of nitrogens with two attached hydrogens (primary N) is 2. The minimum absolute atomic E-state index is 0.0284. The fourth-order valence-corrected chi connectivity index (χ4v) is 6.43. The Balaban J connectivity index is 0.000000173. The van der Waals surface area contributed by atoms with Gasteiger partial charge in [0, 0.05) is 72.4 Å². The molecule has 6 heterocycles. The molecule has 6 N–H and O–H groups in total. The second-order valence-corrected chi connectivity index (χ2v) is 15.5. The van der Waals surface area contributed by atoms with Crippen LogP contribution >= 0.6 is 22.6 Å². The lowest BCUT2D eigenvalue weighted by molar-refractivity contribution is -0.138. The number of amides is 4. The number of nitrogens with zero attached hydrogens (tertiary/aromatic N) is 6. The van der Waals surface area contributed by atoms with Crippen LogP contribution in [-0.2, 0) is 19.1 Å². The molecular formula is C42H41IN8O10. The Kier molecular flexibility index (Phi) is 13.8. The lowest BCUT2D eigenvalue weighted by Crippen LogP contribution is -2.38. The molecule has 4 aromatic rings. The van der Waals surface area contributed by atoms with E-state index in [9.17, 15) is 29.4 Å². The molecule has 18 nitrogen and oxygen atoms in total. The van der Waals surface area contributed by atoms with Crippen LogP contribution < -0.4 is 20.9 Å². The van der Waals surface area contributed by atoms with Crippen LogP contribution in [0.1, 0.15) is 39.4 Å². The van der Waals surface area contributed by atoms with Crippen LogP contribution in [0.4, 0.5) is 0 Å². The zero-order valence-corrected chi connectivity index (χ0v) is 35.2. The molecule has 19 heteroatoms. The monoisotopic (exact) mass is 944 g/mol. The molecule has 2 aromatic heterocycles. The first kappa shape index (κ1) is 44.3. The van der Waals surface area contributed by atoms with Gasteiger partial charge in [-0.1, -0.05) is 42.0 Å². The van der Waals surface area contributed by atoms with E-state index in [1.54, 1.807) is 38.4 Å². The van der Waals surface area contributed by atoms with Crippen molar-refractivity contribution in [3.8, 4) is 58.7 Å². The highest BCUT2D eigenvalue weighted by molar-refractivity contribution is 14.1. The van der Waals surface area contributed by atoms with E-state index < -0.39 is 28.9 Å². The number of likely N-dealkylation sites (N-methyl/N-ethyl adjacent to an activating group) is 2. The Bertz CT molecular complexity index is 2450. The maximum atomic E-state index is 12.1. The molecule has 0 aliphatic carbocycles. The summed E-state index contributed by atoms with van der Waals surface area (Å²) in [6.45, 7) is 2.94. The minimum Gasteiger partial charge on any atom is -0.469 e. The minimum atomic E-state index is -1.68. The molecule has 61 heavy (non-hydrogen) atoms. The smallest absolute Gasteiger partial charge is 0.267 e. The number of halogens is 1. The molecule has 0 spiro atoms. The fourth-order valence-electron chi connectivity index (χ4n) is 5.88. The quantitative estimate of drug-likeness (QED) is 0.141. The molecule has 4 aliphatic rings. The maximum Gasteiger partial charge on any atom is 0.267 e. The summed E-state index contributed by atoms with van der Waals surface area (Å²) in [4.78, 5) is 66.2. The van der Waals surface area contributed by atoms with Gasteiger partial charge in [0.05, 0.1) is 26.4 Å². The van der Waals surface area contributed by atoms with Gasteiger partial charge in [0.1, 0.15) is 23.6 Å². The Morgan fingerprint density at radius 1 is 0.770 bits per heavy atom. The molecule has 0 bridgehead atoms. The van der Waals surface area contributed by atoms with E-state index in [1.165, 1.54) is 21.9 Å². The number of primary amides is 2. The molecule has 2 aromatic carbocycles. The highest BCUT2D eigenvalue weighted by atomic mass is 127. The first-order chi connectivity index (χ1) is 29.1. The van der Waals surface area contributed by atoms with Crippen LogP contribution in [0, 0.1) is 27.8 Å². The van der Waals surface area contributed by atoms with Crippen molar-refractivity contribution in [1.82, 2.24) is 29.7 Å². The highest BCUT2D eigenvalue weighted by Crippen LogP contribution is 2.25. The van der Waals surface area contributed by atoms with E-state index in [0.717, 1.165) is 9.13 Å². The summed E-state index contributed by atoms with van der Waals surface area (Å²) < 4.78 is 22.5. The molecule has 316 valence electrons. The van der Waals surface area contributed by atoms with Gasteiger partial charge in [0.15, 0.2) is 11.6 Å². The van der Waals surface area contributed by atoms with Crippen molar-refractivity contribution in [3.05, 3.63) is 81.2 Å². The van der Waals surface area contributed by atoms with Gasteiger partial charge in [0.2, 0.25) is 23.0 Å². The van der Waals surface area contributed by atoms with Crippen molar-refractivity contribution in [3.63, 3.8) is 0 Å². The Hall–Kier alpha value is -6.23. The van der Waals surface area contributed by atoms with Gasteiger partial charge in [-0.15, -0.1) is 6.42 Å². The molecule has 4 saturated heterocycles. The molecule has 4 aliphatic heterocycles. The number of rotatable bonds is 8. The number of carbonyl (C=O) groups is 4. The summed E-state index contributed by atoms with van der Waals surface area (Å²) in [5, 5.41) is 19.8. The summed E-state index contributed by atoms with van der Waals surface area (Å²) >= 11 is 2.20. The van der Waals surface area contributed by atoms with Crippen molar-refractivity contribution < 1.29 is 48.3 Å². The third-order valence-corrected chi connectivity index (χ3v) is 10.2. The van der Waals surface area contributed by atoms with E-state index >= 15 is 0 Å². The van der Waals surface area contributed by atoms with E-state index in [0.29, 0.717) is 68.8 Å². The normalized spacial score (nSPS) is 20.7. The molecule has 0 saturated carbocycles. The van der Waals surface area contributed by atoms with Gasteiger partial charge in [-0.25, -0.2) is 9.97 Å². The molecule has 0 radical (unpaired) electrons. The molecule has 2 atom stereocenters. The van der Waals surface area contributed by atoms with Crippen molar-refractivity contribution >= 4 is 46.2 Å². The first-order valence-corrected chi connectivity index (χ1v) is 19.8. The number of likely N-dealkylation sites (tertiary alicyclic amines) is 2. The average Bonchev–Trinajstić information content (AvgIpc) is 3.64. The zero-order valence-electron chi connectivity index (χ0n) is 33.0. The van der Waals surface area contributed by atoms with Gasteiger partial charge in [0.25, 0.3) is 23.6 Å². The Morgan fingerprint density at radius 2 is 1.25 bits per heavy atom. The van der Waals surface area contributed by atoms with Crippen LogP contribution in [-0.4, -0.2) is 141 Å². The molecule has 4 amide bonds. The second-order valence-electron chi connectivity index (χ2n) is 14.3. The lowest BCUT2D eigenvalue weighted by Gasteiger charge is -2.26.